The zero-order valence-corrected chi connectivity index (χ0v) is 17.5. The van der Waals surface area contributed by atoms with E-state index < -0.39 is 8.32 Å². The molecule has 25 heavy (non-hydrogen) atoms. The van der Waals surface area contributed by atoms with Crippen LogP contribution in [0.4, 0.5) is 5.82 Å². The van der Waals surface area contributed by atoms with Gasteiger partial charge >= 0.3 is 0 Å². The van der Waals surface area contributed by atoms with Gasteiger partial charge < -0.3 is 14.9 Å². The molecular formula is C19H31N3O2Si. The van der Waals surface area contributed by atoms with Crippen molar-refractivity contribution in [1.82, 2.24) is 9.78 Å². The maximum atomic E-state index is 6.33. The normalized spacial score (nSPS) is 13.7. The van der Waals surface area contributed by atoms with Crippen molar-refractivity contribution in [1.29, 1.82) is 0 Å². The largest absolute Gasteiger partial charge is 0.474 e. The molecule has 1 atom stereocenters. The fraction of sp³-hybridized carbons (Fsp3) is 0.526. The smallest absolute Gasteiger partial charge is 0.238 e. The van der Waals surface area contributed by atoms with Gasteiger partial charge in [-0.1, -0.05) is 39.0 Å². The molecule has 0 bridgehead atoms. The van der Waals surface area contributed by atoms with E-state index in [-0.39, 0.29) is 11.1 Å². The Morgan fingerprint density at radius 1 is 1.20 bits per heavy atom. The van der Waals surface area contributed by atoms with Crippen molar-refractivity contribution in [3.8, 4) is 11.6 Å². The van der Waals surface area contributed by atoms with E-state index in [1.54, 1.807) is 4.68 Å². The lowest BCUT2D eigenvalue weighted by molar-refractivity contribution is 0.126. The SMILES string of the molecule is Cc1c(OC[C@@H](C)O[Si](C)(C)C(C)(C)C)nn(-c2ccccc2)c1N. The number of benzene rings is 1. The topological polar surface area (TPSA) is 62.3 Å². The van der Waals surface area contributed by atoms with Crippen molar-refractivity contribution in [3.05, 3.63) is 35.9 Å². The van der Waals surface area contributed by atoms with Crippen LogP contribution in [0.25, 0.3) is 5.69 Å². The Morgan fingerprint density at radius 2 is 1.80 bits per heavy atom. The summed E-state index contributed by atoms with van der Waals surface area (Å²) in [5, 5.41) is 4.70. The van der Waals surface area contributed by atoms with Crippen molar-refractivity contribution >= 4 is 14.1 Å². The quantitative estimate of drug-likeness (QED) is 0.767. The number of ether oxygens (including phenoxy) is 1. The van der Waals surface area contributed by atoms with Crippen LogP contribution in [0, 0.1) is 6.92 Å². The predicted octanol–water partition coefficient (Wildman–Crippen LogP) is 4.55. The lowest BCUT2D eigenvalue weighted by Gasteiger charge is -2.38. The van der Waals surface area contributed by atoms with Crippen molar-refractivity contribution in [2.24, 2.45) is 0 Å². The van der Waals surface area contributed by atoms with Gasteiger partial charge in [-0.25, -0.2) is 4.68 Å². The van der Waals surface area contributed by atoms with E-state index in [4.69, 9.17) is 14.9 Å². The number of nitrogens with two attached hydrogens (primary N) is 1. The summed E-state index contributed by atoms with van der Waals surface area (Å²) in [5.74, 6) is 1.16. The Hall–Kier alpha value is -1.79. The third kappa shape index (κ3) is 4.44. The highest BCUT2D eigenvalue weighted by Gasteiger charge is 2.38. The first kappa shape index (κ1) is 19.5. The lowest BCUT2D eigenvalue weighted by atomic mass is 10.2. The van der Waals surface area contributed by atoms with Gasteiger partial charge in [-0.05, 0) is 44.1 Å². The first-order valence-corrected chi connectivity index (χ1v) is 11.6. The van der Waals surface area contributed by atoms with Crippen molar-refractivity contribution in [2.45, 2.75) is 58.9 Å². The molecule has 2 aromatic rings. The van der Waals surface area contributed by atoms with E-state index in [0.29, 0.717) is 18.3 Å². The van der Waals surface area contributed by atoms with Crippen LogP contribution in [-0.2, 0) is 4.43 Å². The molecule has 0 amide bonds. The number of nitrogen functional groups attached to an aromatic ring is 1. The van der Waals surface area contributed by atoms with Gasteiger partial charge in [0.25, 0.3) is 0 Å². The minimum absolute atomic E-state index is 0.00314. The van der Waals surface area contributed by atoms with Gasteiger partial charge in [0, 0.05) is 0 Å². The van der Waals surface area contributed by atoms with Gasteiger partial charge in [0.1, 0.15) is 12.4 Å². The molecule has 1 heterocycles. The summed E-state index contributed by atoms with van der Waals surface area (Å²) >= 11 is 0. The van der Waals surface area contributed by atoms with Gasteiger partial charge in [-0.15, -0.1) is 5.10 Å². The van der Waals surface area contributed by atoms with Gasteiger partial charge in [-0.3, -0.25) is 0 Å². The second-order valence-corrected chi connectivity index (χ2v) is 12.8. The summed E-state index contributed by atoms with van der Waals surface area (Å²) < 4.78 is 14.0. The van der Waals surface area contributed by atoms with Crippen molar-refractivity contribution < 1.29 is 9.16 Å². The molecule has 0 aliphatic carbocycles. The van der Waals surface area contributed by atoms with E-state index in [0.717, 1.165) is 11.3 Å². The fourth-order valence-electron chi connectivity index (χ4n) is 2.30. The number of hydrogen-bond acceptors (Lipinski definition) is 4. The Kier molecular flexibility index (Phi) is 5.64. The molecule has 0 saturated carbocycles. The summed E-state index contributed by atoms with van der Waals surface area (Å²) in [6, 6.07) is 9.82. The molecule has 0 saturated heterocycles. The van der Waals surface area contributed by atoms with Crippen LogP contribution < -0.4 is 10.5 Å². The fourth-order valence-corrected chi connectivity index (χ4v) is 3.73. The molecule has 0 fully saturated rings. The highest BCUT2D eigenvalue weighted by atomic mass is 28.4. The Labute approximate surface area is 152 Å². The van der Waals surface area contributed by atoms with Crippen LogP contribution in [0.1, 0.15) is 33.3 Å². The van der Waals surface area contributed by atoms with E-state index >= 15 is 0 Å². The summed E-state index contributed by atoms with van der Waals surface area (Å²) in [4.78, 5) is 0. The number of anilines is 1. The zero-order valence-electron chi connectivity index (χ0n) is 16.5. The maximum absolute atomic E-state index is 6.33. The molecule has 2 N–H and O–H groups in total. The van der Waals surface area contributed by atoms with Gasteiger partial charge in [0.2, 0.25) is 5.88 Å². The number of para-hydroxylation sites is 1. The Morgan fingerprint density at radius 3 is 2.36 bits per heavy atom. The monoisotopic (exact) mass is 361 g/mol. The van der Waals surface area contributed by atoms with Crippen LogP contribution in [0.2, 0.25) is 18.1 Å². The van der Waals surface area contributed by atoms with E-state index in [1.807, 2.05) is 44.2 Å². The average molecular weight is 362 g/mol. The summed E-state index contributed by atoms with van der Waals surface area (Å²) in [6.45, 7) is 15.6. The third-order valence-electron chi connectivity index (χ3n) is 4.88. The molecule has 1 aromatic heterocycles. The molecule has 0 spiro atoms. The molecular weight excluding hydrogens is 330 g/mol. The minimum atomic E-state index is -1.81. The first-order chi connectivity index (χ1) is 11.5. The Bertz CT molecular complexity index is 705. The van der Waals surface area contributed by atoms with E-state index in [1.165, 1.54) is 0 Å². The van der Waals surface area contributed by atoms with Gasteiger partial charge in [-0.2, -0.15) is 0 Å². The molecule has 0 aliphatic heterocycles. The number of aromatic nitrogens is 2. The zero-order chi connectivity index (χ0) is 18.8. The number of rotatable bonds is 6. The summed E-state index contributed by atoms with van der Waals surface area (Å²) in [6.07, 6.45) is 0.00314. The highest BCUT2D eigenvalue weighted by Crippen LogP contribution is 2.37. The molecule has 1 aromatic carbocycles. The van der Waals surface area contributed by atoms with E-state index in [9.17, 15) is 0 Å². The second kappa shape index (κ2) is 7.21. The first-order valence-electron chi connectivity index (χ1n) is 8.74. The molecule has 0 aliphatic rings. The standard InChI is InChI=1S/C19H31N3O2Si/c1-14(24-25(6,7)19(3,4)5)13-23-18-15(2)17(20)22(21-18)16-11-9-8-10-12-16/h8-12,14H,13,20H2,1-7H3/t14-/m1/s1. The van der Waals surface area contributed by atoms with Crippen molar-refractivity contribution in [2.75, 3.05) is 12.3 Å². The number of nitrogens with zero attached hydrogens (tertiary/aromatic N) is 2. The van der Waals surface area contributed by atoms with Crippen LogP contribution in [-0.4, -0.2) is 30.8 Å². The van der Waals surface area contributed by atoms with Crippen LogP contribution >= 0.6 is 0 Å². The van der Waals surface area contributed by atoms with Crippen LogP contribution in [0.5, 0.6) is 5.88 Å². The van der Waals surface area contributed by atoms with Crippen molar-refractivity contribution in [3.63, 3.8) is 0 Å². The molecule has 138 valence electrons. The Balaban J connectivity index is 2.07. The van der Waals surface area contributed by atoms with E-state index in [2.05, 4.69) is 39.0 Å². The minimum Gasteiger partial charge on any atom is -0.474 e. The summed E-state index contributed by atoms with van der Waals surface area (Å²) in [5.41, 5.74) is 7.97. The molecule has 6 heteroatoms. The second-order valence-electron chi connectivity index (χ2n) is 8.06. The van der Waals surface area contributed by atoms with Crippen LogP contribution in [0.15, 0.2) is 30.3 Å². The van der Waals surface area contributed by atoms with Gasteiger partial charge in [0.15, 0.2) is 8.32 Å². The number of hydrogen-bond donors (Lipinski definition) is 1. The average Bonchev–Trinajstić information content (AvgIpc) is 2.80. The maximum Gasteiger partial charge on any atom is 0.238 e. The van der Waals surface area contributed by atoms with Crippen LogP contribution in [0.3, 0.4) is 0 Å². The molecule has 5 nitrogen and oxygen atoms in total. The molecule has 2 rings (SSSR count). The third-order valence-corrected chi connectivity index (χ3v) is 9.49. The molecule has 0 unspecified atom stereocenters. The summed E-state index contributed by atoms with van der Waals surface area (Å²) in [7, 11) is -1.81. The highest BCUT2D eigenvalue weighted by molar-refractivity contribution is 6.74. The molecule has 0 radical (unpaired) electrons. The lowest BCUT2D eigenvalue weighted by Crippen LogP contribution is -2.44. The van der Waals surface area contributed by atoms with Gasteiger partial charge in [0.05, 0.1) is 17.4 Å². The predicted molar refractivity (Wildman–Crippen MR) is 106 cm³/mol.